The number of rotatable bonds is 2. The van der Waals surface area contributed by atoms with Crippen molar-refractivity contribution in [2.24, 2.45) is 0 Å². The van der Waals surface area contributed by atoms with Crippen molar-refractivity contribution in [1.82, 2.24) is 15.3 Å². The van der Waals surface area contributed by atoms with E-state index in [1.807, 2.05) is 12.4 Å². The molecule has 4 heterocycles. The van der Waals surface area contributed by atoms with Gasteiger partial charge in [-0.2, -0.15) is 0 Å². The van der Waals surface area contributed by atoms with Gasteiger partial charge in [0, 0.05) is 43.1 Å². The first-order chi connectivity index (χ1) is 9.88. The van der Waals surface area contributed by atoms with Crippen LogP contribution in [0.1, 0.15) is 24.8 Å². The average Bonchev–Trinajstić information content (AvgIpc) is 3.01. The monoisotopic (exact) mass is 272 g/mol. The Hall–Kier alpha value is -1.46. The molecule has 0 saturated carbocycles. The maximum atomic E-state index is 5.56. The molecule has 2 fully saturated rings. The van der Waals surface area contributed by atoms with Crippen LogP contribution in [0.25, 0.3) is 5.57 Å². The van der Waals surface area contributed by atoms with Crippen LogP contribution >= 0.6 is 0 Å². The zero-order valence-corrected chi connectivity index (χ0v) is 11.6. The van der Waals surface area contributed by atoms with Crippen molar-refractivity contribution in [3.63, 3.8) is 0 Å². The number of nitrogens with zero attached hydrogens (tertiary/aromatic N) is 3. The van der Waals surface area contributed by atoms with Crippen molar-refractivity contribution in [2.45, 2.75) is 31.3 Å². The Bertz CT molecular complexity index is 507. The molecule has 0 aromatic carbocycles. The largest absolute Gasteiger partial charge is 0.378 e. The second-order valence-electron chi connectivity index (χ2n) is 5.87. The topological polar surface area (TPSA) is 50.3 Å². The fraction of sp³-hybridized carbons (Fsp3) is 0.600. The first kappa shape index (κ1) is 12.3. The van der Waals surface area contributed by atoms with Crippen molar-refractivity contribution < 1.29 is 4.74 Å². The summed E-state index contributed by atoms with van der Waals surface area (Å²) in [6.45, 7) is 3.76. The molecule has 1 aromatic rings. The standard InChI is InChI=1S/C15H20N4O/c1-2-4-19(3-1)15-16-7-12(8-17-15)11-5-13-9-20-10-14(6-11)18-13/h5,7-8,13-14,18H,1-4,6,9-10H2. The highest BCUT2D eigenvalue weighted by Gasteiger charge is 2.26. The van der Waals surface area contributed by atoms with Crippen molar-refractivity contribution in [3.8, 4) is 0 Å². The molecule has 0 aliphatic carbocycles. The van der Waals surface area contributed by atoms with Crippen LogP contribution in [0.5, 0.6) is 0 Å². The van der Waals surface area contributed by atoms with Crippen LogP contribution in [0.2, 0.25) is 0 Å². The van der Waals surface area contributed by atoms with Crippen LogP contribution in [0.4, 0.5) is 5.95 Å². The van der Waals surface area contributed by atoms with Gasteiger partial charge in [0.25, 0.3) is 0 Å². The van der Waals surface area contributed by atoms with Gasteiger partial charge in [0.15, 0.2) is 0 Å². The van der Waals surface area contributed by atoms with Crippen LogP contribution < -0.4 is 10.2 Å². The molecule has 2 bridgehead atoms. The van der Waals surface area contributed by atoms with Gasteiger partial charge in [0.2, 0.25) is 5.95 Å². The molecule has 3 aliphatic heterocycles. The molecular formula is C15H20N4O. The van der Waals surface area contributed by atoms with E-state index in [0.717, 1.165) is 44.2 Å². The Kier molecular flexibility index (Phi) is 3.16. The minimum atomic E-state index is 0.343. The SMILES string of the molecule is C1=C(c2cnc(N3CCCC3)nc2)CC2COCC1N2. The third-order valence-corrected chi connectivity index (χ3v) is 4.33. The number of fused-ring (bicyclic) bond motifs is 2. The molecule has 3 aliphatic rings. The summed E-state index contributed by atoms with van der Waals surface area (Å²) >= 11 is 0. The van der Waals surface area contributed by atoms with Gasteiger partial charge in [0.05, 0.1) is 13.2 Å². The zero-order valence-electron chi connectivity index (χ0n) is 11.6. The average molecular weight is 272 g/mol. The number of morpholine rings is 1. The molecular weight excluding hydrogens is 252 g/mol. The number of anilines is 1. The van der Waals surface area contributed by atoms with Crippen LogP contribution in [0, 0.1) is 0 Å². The molecule has 5 nitrogen and oxygen atoms in total. The van der Waals surface area contributed by atoms with E-state index in [4.69, 9.17) is 4.74 Å². The van der Waals surface area contributed by atoms with Crippen LogP contribution in [0.3, 0.4) is 0 Å². The second-order valence-corrected chi connectivity index (χ2v) is 5.87. The molecule has 0 radical (unpaired) electrons. The highest BCUT2D eigenvalue weighted by atomic mass is 16.5. The molecule has 2 atom stereocenters. The first-order valence-electron chi connectivity index (χ1n) is 7.50. The smallest absolute Gasteiger partial charge is 0.225 e. The highest BCUT2D eigenvalue weighted by Crippen LogP contribution is 2.26. The summed E-state index contributed by atoms with van der Waals surface area (Å²) in [5.74, 6) is 0.879. The Morgan fingerprint density at radius 2 is 1.95 bits per heavy atom. The molecule has 1 aromatic heterocycles. The zero-order chi connectivity index (χ0) is 13.4. The lowest BCUT2D eigenvalue weighted by Gasteiger charge is -2.34. The highest BCUT2D eigenvalue weighted by molar-refractivity contribution is 5.67. The minimum absolute atomic E-state index is 0.343. The fourth-order valence-electron chi connectivity index (χ4n) is 3.31. The van der Waals surface area contributed by atoms with E-state index in [2.05, 4.69) is 26.3 Å². The molecule has 2 saturated heterocycles. The van der Waals surface area contributed by atoms with E-state index in [-0.39, 0.29) is 0 Å². The predicted molar refractivity (Wildman–Crippen MR) is 77.6 cm³/mol. The van der Waals surface area contributed by atoms with E-state index in [1.54, 1.807) is 0 Å². The van der Waals surface area contributed by atoms with Gasteiger partial charge >= 0.3 is 0 Å². The second kappa shape index (κ2) is 5.14. The van der Waals surface area contributed by atoms with E-state index >= 15 is 0 Å². The third kappa shape index (κ3) is 2.31. The summed E-state index contributed by atoms with van der Waals surface area (Å²) in [6.07, 6.45) is 9.74. The molecule has 2 unspecified atom stereocenters. The lowest BCUT2D eigenvalue weighted by molar-refractivity contribution is 0.0561. The summed E-state index contributed by atoms with van der Waals surface area (Å²) in [6, 6.07) is 0.780. The Morgan fingerprint density at radius 3 is 2.70 bits per heavy atom. The number of hydrogen-bond acceptors (Lipinski definition) is 5. The van der Waals surface area contributed by atoms with Crippen LogP contribution in [0.15, 0.2) is 18.5 Å². The number of hydrogen-bond donors (Lipinski definition) is 1. The van der Waals surface area contributed by atoms with E-state index in [1.165, 1.54) is 18.4 Å². The van der Waals surface area contributed by atoms with E-state index in [9.17, 15) is 0 Å². The number of aromatic nitrogens is 2. The van der Waals surface area contributed by atoms with Crippen molar-refractivity contribution in [1.29, 1.82) is 0 Å². The Morgan fingerprint density at radius 1 is 1.15 bits per heavy atom. The van der Waals surface area contributed by atoms with E-state index in [0.29, 0.717) is 12.1 Å². The van der Waals surface area contributed by atoms with E-state index < -0.39 is 0 Å². The molecule has 106 valence electrons. The molecule has 20 heavy (non-hydrogen) atoms. The van der Waals surface area contributed by atoms with Gasteiger partial charge in [-0.1, -0.05) is 6.08 Å². The molecule has 0 spiro atoms. The lowest BCUT2D eigenvalue weighted by Crippen LogP contribution is -2.50. The predicted octanol–water partition coefficient (Wildman–Crippen LogP) is 1.22. The molecule has 5 heteroatoms. The van der Waals surface area contributed by atoms with Crippen molar-refractivity contribution in [3.05, 3.63) is 24.0 Å². The maximum absolute atomic E-state index is 5.56. The summed E-state index contributed by atoms with van der Waals surface area (Å²) < 4.78 is 5.56. The normalized spacial score (nSPS) is 29.4. The third-order valence-electron chi connectivity index (χ3n) is 4.33. The van der Waals surface area contributed by atoms with Gasteiger partial charge < -0.3 is 15.0 Å². The lowest BCUT2D eigenvalue weighted by atomic mass is 9.93. The van der Waals surface area contributed by atoms with Crippen molar-refractivity contribution >= 4 is 11.5 Å². The molecule has 0 amide bonds. The maximum Gasteiger partial charge on any atom is 0.225 e. The van der Waals surface area contributed by atoms with Gasteiger partial charge in [0.1, 0.15) is 0 Å². The fourth-order valence-corrected chi connectivity index (χ4v) is 3.31. The summed E-state index contributed by atoms with van der Waals surface area (Å²) in [4.78, 5) is 11.4. The molecule has 1 N–H and O–H groups in total. The van der Waals surface area contributed by atoms with Gasteiger partial charge in [-0.15, -0.1) is 0 Å². The molecule has 4 rings (SSSR count). The van der Waals surface area contributed by atoms with Crippen LogP contribution in [-0.2, 0) is 4.74 Å². The van der Waals surface area contributed by atoms with Gasteiger partial charge in [-0.25, -0.2) is 9.97 Å². The summed E-state index contributed by atoms with van der Waals surface area (Å²) in [7, 11) is 0. The van der Waals surface area contributed by atoms with Crippen LogP contribution in [-0.4, -0.2) is 48.4 Å². The summed E-state index contributed by atoms with van der Waals surface area (Å²) in [5, 5.41) is 3.56. The number of ether oxygens (including phenoxy) is 1. The Labute approximate surface area is 119 Å². The van der Waals surface area contributed by atoms with Gasteiger partial charge in [-0.3, -0.25) is 0 Å². The summed E-state index contributed by atoms with van der Waals surface area (Å²) in [5.41, 5.74) is 2.52. The van der Waals surface area contributed by atoms with Crippen molar-refractivity contribution in [2.75, 3.05) is 31.2 Å². The quantitative estimate of drug-likeness (QED) is 0.877. The number of nitrogens with one attached hydrogen (secondary N) is 1. The first-order valence-corrected chi connectivity index (χ1v) is 7.50. The Balaban J connectivity index is 1.55. The minimum Gasteiger partial charge on any atom is -0.378 e. The van der Waals surface area contributed by atoms with Gasteiger partial charge in [-0.05, 0) is 24.8 Å².